The van der Waals surface area contributed by atoms with Gasteiger partial charge in [0.1, 0.15) is 0 Å². The van der Waals surface area contributed by atoms with Gasteiger partial charge >= 0.3 is 0 Å². The summed E-state index contributed by atoms with van der Waals surface area (Å²) < 4.78 is 7.01. The van der Waals surface area contributed by atoms with Crippen LogP contribution in [0.4, 0.5) is 11.4 Å². The normalized spacial score (nSPS) is 16.7. The van der Waals surface area contributed by atoms with Gasteiger partial charge in [0.25, 0.3) is 5.91 Å². The molecule has 1 fully saturated rings. The van der Waals surface area contributed by atoms with Gasteiger partial charge in [-0.2, -0.15) is 5.10 Å². The SMILES string of the molecule is O=C(CNC(=O)c1cc2ccccn2n1)Nc1ccc2c(c1)NC(=O)C21CCOCC1. The maximum Gasteiger partial charge on any atom is 0.272 e. The molecule has 1 aromatic carbocycles. The molecule has 1 saturated heterocycles. The Morgan fingerprint density at radius 3 is 2.81 bits per heavy atom. The predicted molar refractivity (Wildman–Crippen MR) is 113 cm³/mol. The van der Waals surface area contributed by atoms with Crippen molar-refractivity contribution in [3.05, 3.63) is 59.9 Å². The van der Waals surface area contributed by atoms with Crippen LogP contribution in [0.25, 0.3) is 5.52 Å². The molecule has 3 N–H and O–H groups in total. The lowest BCUT2D eigenvalue weighted by molar-refractivity contribution is -0.124. The third-order valence-electron chi connectivity index (χ3n) is 5.86. The summed E-state index contributed by atoms with van der Waals surface area (Å²) >= 11 is 0. The number of pyridine rings is 1. The highest BCUT2D eigenvalue weighted by atomic mass is 16.5. The van der Waals surface area contributed by atoms with Crippen molar-refractivity contribution in [1.29, 1.82) is 0 Å². The van der Waals surface area contributed by atoms with Crippen molar-refractivity contribution in [3.8, 4) is 0 Å². The van der Waals surface area contributed by atoms with E-state index in [-0.39, 0.29) is 24.1 Å². The van der Waals surface area contributed by atoms with Gasteiger partial charge in [-0.15, -0.1) is 0 Å². The number of hydrogen-bond acceptors (Lipinski definition) is 5. The summed E-state index contributed by atoms with van der Waals surface area (Å²) in [7, 11) is 0. The van der Waals surface area contributed by atoms with Gasteiger partial charge in [0.05, 0.1) is 17.5 Å². The number of fused-ring (bicyclic) bond motifs is 3. The summed E-state index contributed by atoms with van der Waals surface area (Å²) in [4.78, 5) is 37.2. The number of rotatable bonds is 4. The van der Waals surface area contributed by atoms with Crippen molar-refractivity contribution < 1.29 is 19.1 Å². The molecule has 1 spiro atoms. The van der Waals surface area contributed by atoms with E-state index in [9.17, 15) is 14.4 Å². The van der Waals surface area contributed by atoms with Crippen LogP contribution in [0.3, 0.4) is 0 Å². The minimum absolute atomic E-state index is 0.0194. The Hall–Kier alpha value is -3.72. The highest BCUT2D eigenvalue weighted by Crippen LogP contribution is 2.45. The Morgan fingerprint density at radius 1 is 1.16 bits per heavy atom. The largest absolute Gasteiger partial charge is 0.381 e. The van der Waals surface area contributed by atoms with E-state index in [1.54, 1.807) is 28.9 Å². The van der Waals surface area contributed by atoms with Crippen molar-refractivity contribution in [3.63, 3.8) is 0 Å². The highest BCUT2D eigenvalue weighted by Gasteiger charge is 2.47. The fraction of sp³-hybridized carbons (Fsp3) is 0.273. The second kappa shape index (κ2) is 7.51. The summed E-state index contributed by atoms with van der Waals surface area (Å²) in [5, 5.41) is 12.4. The van der Waals surface area contributed by atoms with E-state index in [4.69, 9.17) is 4.74 Å². The average molecular weight is 419 g/mol. The lowest BCUT2D eigenvalue weighted by Crippen LogP contribution is -2.39. The summed E-state index contributed by atoms with van der Waals surface area (Å²) in [6.07, 6.45) is 3.04. The molecular formula is C22H21N5O4. The van der Waals surface area contributed by atoms with Crippen LogP contribution in [-0.2, 0) is 19.7 Å². The number of benzene rings is 1. The molecular weight excluding hydrogens is 398 g/mol. The average Bonchev–Trinajstić information content (AvgIpc) is 3.32. The van der Waals surface area contributed by atoms with Crippen molar-refractivity contribution in [2.75, 3.05) is 30.4 Å². The number of nitrogens with zero attached hydrogens (tertiary/aromatic N) is 2. The molecule has 158 valence electrons. The molecule has 0 radical (unpaired) electrons. The first-order valence-corrected chi connectivity index (χ1v) is 10.1. The number of amides is 3. The summed E-state index contributed by atoms with van der Waals surface area (Å²) in [5.74, 6) is -0.822. The first kappa shape index (κ1) is 19.3. The Kier molecular flexibility index (Phi) is 4.67. The van der Waals surface area contributed by atoms with Crippen molar-refractivity contribution in [1.82, 2.24) is 14.9 Å². The Labute approximate surface area is 177 Å². The Morgan fingerprint density at radius 2 is 2.00 bits per heavy atom. The molecule has 0 aliphatic carbocycles. The van der Waals surface area contributed by atoms with E-state index < -0.39 is 11.3 Å². The molecule has 3 amide bonds. The number of aromatic nitrogens is 2. The lowest BCUT2D eigenvalue weighted by atomic mass is 9.75. The predicted octanol–water partition coefficient (Wildman–Crippen LogP) is 1.70. The maximum absolute atomic E-state index is 12.6. The van der Waals surface area contributed by atoms with Gasteiger partial charge < -0.3 is 20.7 Å². The second-order valence-electron chi connectivity index (χ2n) is 7.74. The molecule has 2 aromatic heterocycles. The number of carbonyl (C=O) groups excluding carboxylic acids is 3. The van der Waals surface area contributed by atoms with Crippen molar-refractivity contribution >= 4 is 34.6 Å². The van der Waals surface area contributed by atoms with Crippen LogP contribution < -0.4 is 16.0 Å². The third-order valence-corrected chi connectivity index (χ3v) is 5.86. The van der Waals surface area contributed by atoms with Gasteiger partial charge in [-0.3, -0.25) is 14.4 Å². The number of anilines is 2. The quantitative estimate of drug-likeness (QED) is 0.596. The fourth-order valence-electron chi connectivity index (χ4n) is 4.23. The first-order valence-electron chi connectivity index (χ1n) is 10.1. The topological polar surface area (TPSA) is 114 Å². The molecule has 0 bridgehead atoms. The molecule has 0 unspecified atom stereocenters. The van der Waals surface area contributed by atoms with Gasteiger partial charge in [0.15, 0.2) is 5.69 Å². The van der Waals surface area contributed by atoms with Gasteiger partial charge in [0, 0.05) is 30.8 Å². The van der Waals surface area contributed by atoms with Gasteiger partial charge in [0.2, 0.25) is 11.8 Å². The number of ether oxygens (including phenoxy) is 1. The molecule has 5 rings (SSSR count). The van der Waals surface area contributed by atoms with E-state index in [0.29, 0.717) is 37.4 Å². The van der Waals surface area contributed by atoms with Crippen LogP contribution in [0.5, 0.6) is 0 Å². The van der Waals surface area contributed by atoms with Crippen molar-refractivity contribution in [2.45, 2.75) is 18.3 Å². The number of carbonyl (C=O) groups is 3. The van der Waals surface area contributed by atoms with Crippen LogP contribution in [0.1, 0.15) is 28.9 Å². The molecule has 4 heterocycles. The van der Waals surface area contributed by atoms with Gasteiger partial charge in [-0.1, -0.05) is 12.1 Å². The molecule has 0 saturated carbocycles. The molecule has 31 heavy (non-hydrogen) atoms. The maximum atomic E-state index is 12.6. The fourth-order valence-corrected chi connectivity index (χ4v) is 4.23. The monoisotopic (exact) mass is 419 g/mol. The zero-order chi connectivity index (χ0) is 21.4. The van der Waals surface area contributed by atoms with Gasteiger partial charge in [-0.25, -0.2) is 4.52 Å². The second-order valence-corrected chi connectivity index (χ2v) is 7.74. The summed E-state index contributed by atoms with van der Waals surface area (Å²) in [5.41, 5.74) is 2.69. The Balaban J connectivity index is 1.22. The zero-order valence-electron chi connectivity index (χ0n) is 16.7. The summed E-state index contributed by atoms with van der Waals surface area (Å²) in [6.45, 7) is 0.909. The molecule has 2 aliphatic heterocycles. The summed E-state index contributed by atoms with van der Waals surface area (Å²) in [6, 6.07) is 12.6. The molecule has 9 heteroatoms. The third kappa shape index (κ3) is 3.42. The van der Waals surface area contributed by atoms with Crippen LogP contribution >= 0.6 is 0 Å². The smallest absolute Gasteiger partial charge is 0.272 e. The minimum Gasteiger partial charge on any atom is -0.381 e. The van der Waals surface area contributed by atoms with E-state index >= 15 is 0 Å². The van der Waals surface area contributed by atoms with Gasteiger partial charge in [-0.05, 0) is 48.7 Å². The minimum atomic E-state index is -0.543. The van der Waals surface area contributed by atoms with Crippen LogP contribution in [0.15, 0.2) is 48.7 Å². The van der Waals surface area contributed by atoms with Crippen molar-refractivity contribution in [2.24, 2.45) is 0 Å². The van der Waals surface area contributed by atoms with Crippen LogP contribution in [0, 0.1) is 0 Å². The standard InChI is InChI=1S/C22H21N5O4/c28-19(13-23-20(29)18-12-15-3-1-2-8-27(15)26-18)24-14-4-5-16-17(11-14)25-21(30)22(16)6-9-31-10-7-22/h1-5,8,11-12H,6-7,9-10,13H2,(H,23,29)(H,24,28)(H,25,30). The van der Waals surface area contributed by atoms with E-state index in [1.807, 2.05) is 24.3 Å². The van der Waals surface area contributed by atoms with E-state index in [2.05, 4.69) is 21.0 Å². The molecule has 9 nitrogen and oxygen atoms in total. The lowest BCUT2D eigenvalue weighted by Gasteiger charge is -2.31. The molecule has 0 atom stereocenters. The molecule has 2 aliphatic rings. The number of nitrogens with one attached hydrogen (secondary N) is 3. The van der Waals surface area contributed by atoms with E-state index in [1.165, 1.54) is 0 Å². The Bertz CT molecular complexity index is 1160. The van der Waals surface area contributed by atoms with E-state index in [0.717, 1.165) is 11.1 Å². The molecule has 3 aromatic rings. The van der Waals surface area contributed by atoms with Crippen LogP contribution in [-0.4, -0.2) is 47.1 Å². The first-order chi connectivity index (χ1) is 15.0. The zero-order valence-corrected chi connectivity index (χ0v) is 16.7. The van der Waals surface area contributed by atoms with Crippen LogP contribution in [0.2, 0.25) is 0 Å². The number of hydrogen-bond donors (Lipinski definition) is 3. The highest BCUT2D eigenvalue weighted by molar-refractivity contribution is 6.07.